The van der Waals surface area contributed by atoms with Crippen molar-refractivity contribution < 1.29 is 14.3 Å². The minimum absolute atomic E-state index is 0.126. The third-order valence-electron chi connectivity index (χ3n) is 2.52. The molecule has 0 saturated heterocycles. The lowest BCUT2D eigenvalue weighted by Crippen LogP contribution is -2.32. The highest BCUT2D eigenvalue weighted by molar-refractivity contribution is 8.02. The number of carbonyl (C=O) groups excluding carboxylic acids is 1. The Morgan fingerprint density at radius 2 is 2.00 bits per heavy atom. The van der Waals surface area contributed by atoms with Crippen molar-refractivity contribution in [2.24, 2.45) is 0 Å². The van der Waals surface area contributed by atoms with Gasteiger partial charge in [0.15, 0.2) is 0 Å². The molecule has 0 N–H and O–H groups in total. The number of rotatable bonds is 5. The Hall–Kier alpha value is -1.62. The minimum Gasteiger partial charge on any atom is -0.497 e. The number of benzene rings is 1. The van der Waals surface area contributed by atoms with E-state index in [9.17, 15) is 4.79 Å². The van der Waals surface area contributed by atoms with Gasteiger partial charge in [-0.1, -0.05) is 0 Å². The van der Waals surface area contributed by atoms with Crippen LogP contribution in [0.1, 0.15) is 0 Å². The van der Waals surface area contributed by atoms with Crippen molar-refractivity contribution in [1.29, 1.82) is 0 Å². The number of nitrogens with zero attached hydrogens (tertiary/aromatic N) is 1. The van der Waals surface area contributed by atoms with E-state index in [1.165, 1.54) is 11.8 Å². The van der Waals surface area contributed by atoms with Crippen LogP contribution in [0.25, 0.3) is 0 Å². The second-order valence-electron chi connectivity index (χ2n) is 3.71. The number of hydrogen-bond acceptors (Lipinski definition) is 4. The highest BCUT2D eigenvalue weighted by Crippen LogP contribution is 2.17. The topological polar surface area (TPSA) is 38.8 Å². The monoisotopic (exact) mass is 265 g/mol. The molecule has 0 aromatic heterocycles. The Morgan fingerprint density at radius 3 is 2.67 bits per heavy atom. The third kappa shape index (κ3) is 3.43. The van der Waals surface area contributed by atoms with Gasteiger partial charge in [0.2, 0.25) is 5.91 Å². The van der Waals surface area contributed by atoms with E-state index in [4.69, 9.17) is 9.47 Å². The highest BCUT2D eigenvalue weighted by atomic mass is 32.2. The molecule has 0 spiro atoms. The zero-order valence-electron chi connectivity index (χ0n) is 10.2. The second kappa shape index (κ2) is 6.35. The first-order valence-corrected chi connectivity index (χ1v) is 6.69. The molecule has 96 valence electrons. The standard InChI is InChI=1S/C13H15NO3S/c1-16-11-2-4-12(5-3-11)17-8-6-14-7-9-18-10-13(14)15/h2-5,7,9H,6,8,10H2,1H3. The van der Waals surface area contributed by atoms with E-state index in [1.807, 2.05) is 29.7 Å². The van der Waals surface area contributed by atoms with E-state index < -0.39 is 0 Å². The van der Waals surface area contributed by atoms with E-state index >= 15 is 0 Å². The van der Waals surface area contributed by atoms with Crippen molar-refractivity contribution in [2.45, 2.75) is 0 Å². The predicted octanol–water partition coefficient (Wildman–Crippen LogP) is 2.12. The number of thioether (sulfide) groups is 1. The average molecular weight is 265 g/mol. The molecule has 0 saturated carbocycles. The number of carbonyl (C=O) groups is 1. The molecule has 1 aromatic carbocycles. The molecule has 0 unspecified atom stereocenters. The predicted molar refractivity (Wildman–Crippen MR) is 71.8 cm³/mol. The van der Waals surface area contributed by atoms with Gasteiger partial charge in [0.1, 0.15) is 18.1 Å². The van der Waals surface area contributed by atoms with Crippen LogP contribution in [0.4, 0.5) is 0 Å². The molecule has 1 aliphatic heterocycles. The van der Waals surface area contributed by atoms with Crippen LogP contribution in [-0.2, 0) is 4.79 Å². The molecular weight excluding hydrogens is 250 g/mol. The maximum Gasteiger partial charge on any atom is 0.236 e. The molecule has 4 nitrogen and oxygen atoms in total. The van der Waals surface area contributed by atoms with E-state index in [0.717, 1.165) is 11.5 Å². The third-order valence-corrected chi connectivity index (χ3v) is 3.25. The van der Waals surface area contributed by atoms with Crippen LogP contribution in [0.5, 0.6) is 11.5 Å². The first-order chi connectivity index (χ1) is 8.79. The summed E-state index contributed by atoms with van der Waals surface area (Å²) in [5.41, 5.74) is 0. The fourth-order valence-corrected chi connectivity index (χ4v) is 2.17. The summed E-state index contributed by atoms with van der Waals surface area (Å²) in [6, 6.07) is 7.39. The van der Waals surface area contributed by atoms with Gasteiger partial charge in [0.25, 0.3) is 0 Å². The normalized spacial score (nSPS) is 14.7. The van der Waals surface area contributed by atoms with Crippen LogP contribution in [0.2, 0.25) is 0 Å². The van der Waals surface area contributed by atoms with E-state index in [0.29, 0.717) is 18.9 Å². The first kappa shape index (κ1) is 12.8. The van der Waals surface area contributed by atoms with Crippen LogP contribution in [-0.4, -0.2) is 36.8 Å². The summed E-state index contributed by atoms with van der Waals surface area (Å²) < 4.78 is 10.6. The van der Waals surface area contributed by atoms with Gasteiger partial charge in [-0.15, -0.1) is 11.8 Å². The van der Waals surface area contributed by atoms with Crippen molar-refractivity contribution in [3.05, 3.63) is 35.9 Å². The first-order valence-electron chi connectivity index (χ1n) is 5.64. The lowest BCUT2D eigenvalue weighted by Gasteiger charge is -2.20. The Morgan fingerprint density at radius 1 is 1.28 bits per heavy atom. The number of amides is 1. The summed E-state index contributed by atoms with van der Waals surface area (Å²) >= 11 is 1.51. The SMILES string of the molecule is COc1ccc(OCCN2C=CSCC2=O)cc1. The summed E-state index contributed by atoms with van der Waals surface area (Å²) in [7, 11) is 1.63. The van der Waals surface area contributed by atoms with Gasteiger partial charge in [-0.2, -0.15) is 0 Å². The number of ether oxygens (including phenoxy) is 2. The molecular formula is C13H15NO3S. The van der Waals surface area contributed by atoms with Crippen LogP contribution >= 0.6 is 11.8 Å². The molecule has 18 heavy (non-hydrogen) atoms. The summed E-state index contributed by atoms with van der Waals surface area (Å²) in [5, 5.41) is 1.93. The van der Waals surface area contributed by atoms with Crippen molar-refractivity contribution >= 4 is 17.7 Å². The molecule has 0 atom stereocenters. The van der Waals surface area contributed by atoms with Gasteiger partial charge in [0.05, 0.1) is 19.4 Å². The minimum atomic E-state index is 0.126. The summed E-state index contributed by atoms with van der Waals surface area (Å²) in [6.07, 6.45) is 1.80. The fourth-order valence-electron chi connectivity index (χ4n) is 1.53. The van der Waals surface area contributed by atoms with E-state index in [2.05, 4.69) is 0 Å². The van der Waals surface area contributed by atoms with Crippen LogP contribution in [0.3, 0.4) is 0 Å². The molecule has 0 bridgehead atoms. The second-order valence-corrected chi connectivity index (χ2v) is 4.60. The van der Waals surface area contributed by atoms with Gasteiger partial charge < -0.3 is 14.4 Å². The highest BCUT2D eigenvalue weighted by Gasteiger charge is 2.13. The Balaban J connectivity index is 1.79. The van der Waals surface area contributed by atoms with Crippen LogP contribution in [0.15, 0.2) is 35.9 Å². The molecule has 0 aliphatic carbocycles. The molecule has 1 amide bonds. The maximum absolute atomic E-state index is 11.5. The lowest BCUT2D eigenvalue weighted by molar-refractivity contribution is -0.126. The van der Waals surface area contributed by atoms with Crippen molar-refractivity contribution in [2.75, 3.05) is 26.0 Å². The van der Waals surface area contributed by atoms with Gasteiger partial charge in [-0.25, -0.2) is 0 Å². The van der Waals surface area contributed by atoms with Gasteiger partial charge in [-0.3, -0.25) is 4.79 Å². The number of hydrogen-bond donors (Lipinski definition) is 0. The molecule has 0 radical (unpaired) electrons. The largest absolute Gasteiger partial charge is 0.497 e. The molecule has 2 rings (SSSR count). The molecule has 1 heterocycles. The Kier molecular flexibility index (Phi) is 4.52. The lowest BCUT2D eigenvalue weighted by atomic mass is 10.3. The summed E-state index contributed by atoms with van der Waals surface area (Å²) in [5.74, 6) is 2.21. The molecule has 5 heteroatoms. The maximum atomic E-state index is 11.5. The average Bonchev–Trinajstić information content (AvgIpc) is 2.42. The quantitative estimate of drug-likeness (QED) is 0.817. The van der Waals surface area contributed by atoms with Crippen LogP contribution in [0, 0.1) is 0 Å². The summed E-state index contributed by atoms with van der Waals surface area (Å²) in [4.78, 5) is 13.2. The van der Waals surface area contributed by atoms with Crippen molar-refractivity contribution in [1.82, 2.24) is 4.90 Å². The zero-order valence-corrected chi connectivity index (χ0v) is 11.0. The summed E-state index contributed by atoms with van der Waals surface area (Å²) in [6.45, 7) is 1.05. The zero-order chi connectivity index (χ0) is 12.8. The Bertz CT molecular complexity index is 430. The Labute approximate surface area is 111 Å². The molecule has 0 fully saturated rings. The smallest absolute Gasteiger partial charge is 0.236 e. The van der Waals surface area contributed by atoms with Gasteiger partial charge in [0, 0.05) is 6.20 Å². The fraction of sp³-hybridized carbons (Fsp3) is 0.308. The van der Waals surface area contributed by atoms with E-state index in [1.54, 1.807) is 18.2 Å². The van der Waals surface area contributed by atoms with E-state index in [-0.39, 0.29) is 5.91 Å². The molecule has 1 aromatic rings. The van der Waals surface area contributed by atoms with Crippen molar-refractivity contribution in [3.8, 4) is 11.5 Å². The van der Waals surface area contributed by atoms with Gasteiger partial charge in [-0.05, 0) is 29.7 Å². The molecule has 1 aliphatic rings. The van der Waals surface area contributed by atoms with Gasteiger partial charge >= 0.3 is 0 Å². The van der Waals surface area contributed by atoms with Crippen LogP contribution < -0.4 is 9.47 Å². The number of methoxy groups -OCH3 is 1. The van der Waals surface area contributed by atoms with Crippen molar-refractivity contribution in [3.63, 3.8) is 0 Å².